The number of pyridine rings is 1. The van der Waals surface area contributed by atoms with E-state index < -0.39 is 12.1 Å². The number of fused-ring (bicyclic) bond motifs is 2. The van der Waals surface area contributed by atoms with Crippen LogP contribution in [0.4, 0.5) is 4.39 Å². The summed E-state index contributed by atoms with van der Waals surface area (Å²) >= 11 is 3.19. The van der Waals surface area contributed by atoms with Gasteiger partial charge in [-0.15, -0.1) is 0 Å². The molecule has 34 heavy (non-hydrogen) atoms. The van der Waals surface area contributed by atoms with Crippen molar-refractivity contribution in [1.82, 2.24) is 9.55 Å². The molecular formula is C25H26BrFN2O5. The summed E-state index contributed by atoms with van der Waals surface area (Å²) in [5.41, 5.74) is 2.29. The maximum absolute atomic E-state index is 14.4. The van der Waals surface area contributed by atoms with Crippen LogP contribution in [0.3, 0.4) is 0 Å². The van der Waals surface area contributed by atoms with Gasteiger partial charge in [-0.05, 0) is 35.2 Å². The van der Waals surface area contributed by atoms with Crippen molar-refractivity contribution in [3.05, 3.63) is 58.4 Å². The molecule has 0 amide bonds. The Bertz CT molecular complexity index is 1150. The number of ether oxygens (including phenoxy) is 5. The van der Waals surface area contributed by atoms with E-state index in [1.54, 1.807) is 0 Å². The van der Waals surface area contributed by atoms with Crippen molar-refractivity contribution < 1.29 is 28.1 Å². The van der Waals surface area contributed by atoms with E-state index in [1.807, 2.05) is 41.0 Å². The maximum Gasteiger partial charge on any atom is 0.198 e. The molecule has 0 saturated carbocycles. The molecule has 0 radical (unpaired) electrons. The number of nitrogens with zero attached hydrogens (tertiary/aromatic N) is 2. The van der Waals surface area contributed by atoms with Crippen molar-refractivity contribution in [2.75, 3.05) is 19.8 Å². The molecule has 2 unspecified atom stereocenters. The number of hydrogen-bond acceptors (Lipinski definition) is 6. The van der Waals surface area contributed by atoms with Gasteiger partial charge in [0.15, 0.2) is 18.0 Å². The van der Waals surface area contributed by atoms with Crippen LogP contribution in [0.2, 0.25) is 0 Å². The van der Waals surface area contributed by atoms with Gasteiger partial charge in [-0.1, -0.05) is 30.3 Å². The molecule has 0 bridgehead atoms. The fraction of sp³-hybridized carbons (Fsp3) is 0.480. The summed E-state index contributed by atoms with van der Waals surface area (Å²) in [4.78, 5) is 4.37. The van der Waals surface area contributed by atoms with Gasteiger partial charge < -0.3 is 23.7 Å². The lowest BCUT2D eigenvalue weighted by molar-refractivity contribution is -0.286. The first-order valence-corrected chi connectivity index (χ1v) is 12.5. The van der Waals surface area contributed by atoms with Crippen molar-refractivity contribution in [3.8, 4) is 5.88 Å². The topological polar surface area (TPSA) is 64.0 Å². The molecule has 5 heterocycles. The normalized spacial score (nSPS) is 29.6. The number of halogens is 2. The number of benzene rings is 1. The van der Waals surface area contributed by atoms with Gasteiger partial charge >= 0.3 is 0 Å². The van der Waals surface area contributed by atoms with E-state index in [4.69, 9.17) is 23.7 Å². The molecule has 180 valence electrons. The summed E-state index contributed by atoms with van der Waals surface area (Å²) in [7, 11) is 0. The van der Waals surface area contributed by atoms with Crippen molar-refractivity contribution >= 4 is 27.0 Å². The Hall–Kier alpha value is -2.04. The van der Waals surface area contributed by atoms with Gasteiger partial charge in [0.25, 0.3) is 0 Å². The molecule has 2 aromatic heterocycles. The van der Waals surface area contributed by atoms with Crippen molar-refractivity contribution in [1.29, 1.82) is 0 Å². The van der Waals surface area contributed by atoms with Crippen LogP contribution in [0.5, 0.6) is 5.88 Å². The van der Waals surface area contributed by atoms with Gasteiger partial charge in [0, 0.05) is 30.7 Å². The molecule has 7 nitrogen and oxygen atoms in total. The van der Waals surface area contributed by atoms with Crippen LogP contribution in [-0.2, 0) is 18.9 Å². The molecule has 9 heteroatoms. The molecule has 3 fully saturated rings. The smallest absolute Gasteiger partial charge is 0.198 e. The van der Waals surface area contributed by atoms with Gasteiger partial charge in [0.2, 0.25) is 0 Å². The monoisotopic (exact) mass is 532 g/mol. The third kappa shape index (κ3) is 4.35. The zero-order valence-corrected chi connectivity index (χ0v) is 20.2. The van der Waals surface area contributed by atoms with E-state index in [-0.39, 0.29) is 29.1 Å². The molecule has 3 aromatic rings. The number of hydrogen-bond donors (Lipinski definition) is 0. The maximum atomic E-state index is 14.4. The highest BCUT2D eigenvalue weighted by atomic mass is 79.9. The standard InChI is InChI=1S/C25H26BrFN2O5/c26-24-17(27)11-19-18(28-24)12-23(29(19)22-8-4-5-9-30-22)33-16-10-20-21(31-13-16)14-32-25(34-20)15-6-2-1-3-7-15/h1-3,6-7,11-12,16,20-22,25H,4-5,8-10,13-14H2/t16-,20+,21-,22?,25?/m1/s1. The molecule has 0 spiro atoms. The lowest BCUT2D eigenvalue weighted by atomic mass is 10.0. The van der Waals surface area contributed by atoms with Gasteiger partial charge in [0.1, 0.15) is 23.0 Å². The minimum Gasteiger partial charge on any atom is -0.473 e. The molecule has 0 aliphatic carbocycles. The lowest BCUT2D eigenvalue weighted by Crippen LogP contribution is -2.50. The van der Waals surface area contributed by atoms with Gasteiger partial charge in [0.05, 0.1) is 30.4 Å². The second-order valence-electron chi connectivity index (χ2n) is 8.94. The predicted molar refractivity (Wildman–Crippen MR) is 125 cm³/mol. The van der Waals surface area contributed by atoms with Gasteiger partial charge in [-0.3, -0.25) is 4.57 Å². The third-order valence-corrected chi connectivity index (χ3v) is 7.17. The summed E-state index contributed by atoms with van der Waals surface area (Å²) in [5.74, 6) is 0.186. The molecule has 5 atom stereocenters. The molecule has 0 N–H and O–H groups in total. The minimum absolute atomic E-state index is 0.126. The fourth-order valence-corrected chi connectivity index (χ4v) is 5.23. The van der Waals surface area contributed by atoms with Crippen LogP contribution < -0.4 is 4.74 Å². The Balaban J connectivity index is 1.24. The second kappa shape index (κ2) is 9.54. The summed E-state index contributed by atoms with van der Waals surface area (Å²) < 4.78 is 47.2. The van der Waals surface area contributed by atoms with Gasteiger partial charge in [-0.25, -0.2) is 9.37 Å². The summed E-state index contributed by atoms with van der Waals surface area (Å²) in [6.45, 7) is 1.56. The molecular weight excluding hydrogens is 507 g/mol. The third-order valence-electron chi connectivity index (χ3n) is 6.62. The summed E-state index contributed by atoms with van der Waals surface area (Å²) in [5, 5.41) is 0. The zero-order valence-electron chi connectivity index (χ0n) is 18.6. The molecule has 3 aliphatic rings. The lowest BCUT2D eigenvalue weighted by Gasteiger charge is -2.41. The number of rotatable bonds is 4. The van der Waals surface area contributed by atoms with Crippen molar-refractivity contribution in [2.45, 2.75) is 56.5 Å². The van der Waals surface area contributed by atoms with E-state index in [1.165, 1.54) is 6.07 Å². The quantitative estimate of drug-likeness (QED) is 0.425. The SMILES string of the molecule is Fc1cc2c(cc(O[C@H]3CO[C@@H]4COC(c5ccccc5)O[C@H]4C3)n2C2CCCCO2)nc1Br. The van der Waals surface area contributed by atoms with E-state index in [2.05, 4.69) is 20.9 Å². The first-order chi connectivity index (χ1) is 16.7. The van der Waals surface area contributed by atoms with Crippen LogP contribution in [0.25, 0.3) is 11.0 Å². The van der Waals surface area contributed by atoms with E-state index in [0.29, 0.717) is 43.2 Å². The Morgan fingerprint density at radius 2 is 1.91 bits per heavy atom. The highest BCUT2D eigenvalue weighted by Crippen LogP contribution is 2.37. The first-order valence-electron chi connectivity index (χ1n) is 11.7. The summed E-state index contributed by atoms with van der Waals surface area (Å²) in [6, 6.07) is 13.2. The van der Waals surface area contributed by atoms with E-state index in [0.717, 1.165) is 24.8 Å². The fourth-order valence-electron chi connectivity index (χ4n) is 4.92. The Morgan fingerprint density at radius 1 is 1.03 bits per heavy atom. The van der Waals surface area contributed by atoms with Crippen LogP contribution in [-0.4, -0.2) is 47.7 Å². The van der Waals surface area contributed by atoms with Crippen LogP contribution in [0.15, 0.2) is 47.1 Å². The highest BCUT2D eigenvalue weighted by molar-refractivity contribution is 9.10. The van der Waals surface area contributed by atoms with Gasteiger partial charge in [-0.2, -0.15) is 0 Å². The molecule has 6 rings (SSSR count). The van der Waals surface area contributed by atoms with Crippen molar-refractivity contribution in [2.24, 2.45) is 0 Å². The Kier molecular flexibility index (Phi) is 6.30. The molecule has 3 saturated heterocycles. The van der Waals surface area contributed by atoms with E-state index >= 15 is 0 Å². The van der Waals surface area contributed by atoms with Crippen LogP contribution in [0.1, 0.15) is 43.8 Å². The van der Waals surface area contributed by atoms with E-state index in [9.17, 15) is 4.39 Å². The minimum atomic E-state index is -0.420. The average molecular weight is 533 g/mol. The van der Waals surface area contributed by atoms with Crippen LogP contribution >= 0.6 is 15.9 Å². The zero-order chi connectivity index (χ0) is 23.1. The number of aromatic nitrogens is 2. The Labute approximate surface area is 205 Å². The molecule has 1 aromatic carbocycles. The second-order valence-corrected chi connectivity index (χ2v) is 9.69. The predicted octanol–water partition coefficient (Wildman–Crippen LogP) is 5.29. The first kappa shape index (κ1) is 22.4. The van der Waals surface area contributed by atoms with Crippen LogP contribution in [0, 0.1) is 5.82 Å². The van der Waals surface area contributed by atoms with Crippen molar-refractivity contribution in [3.63, 3.8) is 0 Å². The average Bonchev–Trinajstić information content (AvgIpc) is 3.21. The molecule has 3 aliphatic heterocycles. The largest absolute Gasteiger partial charge is 0.473 e. The summed E-state index contributed by atoms with van der Waals surface area (Å²) in [6.07, 6.45) is 2.42. The highest BCUT2D eigenvalue weighted by Gasteiger charge is 2.40. The Morgan fingerprint density at radius 3 is 2.74 bits per heavy atom.